The molecule has 2 N–H and O–H groups in total. The van der Waals surface area contributed by atoms with Crippen LogP contribution in [0.25, 0.3) is 0 Å². The molecule has 0 bridgehead atoms. The van der Waals surface area contributed by atoms with Crippen LogP contribution < -0.4 is 5.32 Å². The van der Waals surface area contributed by atoms with Gasteiger partial charge in [0.2, 0.25) is 5.91 Å². The first kappa shape index (κ1) is 15.3. The van der Waals surface area contributed by atoms with Gasteiger partial charge in [0, 0.05) is 17.2 Å². The zero-order chi connectivity index (χ0) is 13.7. The molecular formula is C13H23NO3S. The van der Waals surface area contributed by atoms with Crippen molar-refractivity contribution in [2.45, 2.75) is 50.8 Å². The van der Waals surface area contributed by atoms with Crippen molar-refractivity contribution in [2.75, 3.05) is 6.26 Å². The molecule has 0 heterocycles. The van der Waals surface area contributed by atoms with Gasteiger partial charge in [-0.25, -0.2) is 0 Å². The molecule has 0 radical (unpaired) electrons. The number of nitrogens with one attached hydrogen (secondary N) is 1. The van der Waals surface area contributed by atoms with Gasteiger partial charge in [-0.1, -0.05) is 26.7 Å². The molecule has 1 aliphatic rings. The van der Waals surface area contributed by atoms with Crippen molar-refractivity contribution in [2.24, 2.45) is 11.8 Å². The molecule has 104 valence electrons. The molecule has 18 heavy (non-hydrogen) atoms. The SMILES string of the molecule is CSC1CCCCC1NC(=O)C(C)C(C)C(=O)O. The molecule has 5 heteroatoms. The Balaban J connectivity index is 2.54. The Bertz CT molecular complexity index is 309. The summed E-state index contributed by atoms with van der Waals surface area (Å²) in [4.78, 5) is 22.9. The Morgan fingerprint density at radius 2 is 1.83 bits per heavy atom. The number of rotatable bonds is 5. The first-order valence-electron chi connectivity index (χ1n) is 6.53. The molecule has 4 unspecified atom stereocenters. The van der Waals surface area contributed by atoms with Crippen LogP contribution in [0.1, 0.15) is 39.5 Å². The Hall–Kier alpha value is -0.710. The van der Waals surface area contributed by atoms with Gasteiger partial charge in [0.15, 0.2) is 0 Å². The van der Waals surface area contributed by atoms with E-state index in [1.165, 1.54) is 6.42 Å². The van der Waals surface area contributed by atoms with E-state index >= 15 is 0 Å². The van der Waals surface area contributed by atoms with Crippen LogP contribution in [0.2, 0.25) is 0 Å². The Labute approximate surface area is 113 Å². The maximum absolute atomic E-state index is 12.0. The average molecular weight is 273 g/mol. The number of carboxylic acids is 1. The maximum Gasteiger partial charge on any atom is 0.307 e. The molecule has 1 saturated carbocycles. The summed E-state index contributed by atoms with van der Waals surface area (Å²) in [6.07, 6.45) is 6.57. The number of thioether (sulfide) groups is 1. The van der Waals surface area contributed by atoms with Gasteiger partial charge in [-0.2, -0.15) is 11.8 Å². The van der Waals surface area contributed by atoms with Crippen LogP contribution in [0.15, 0.2) is 0 Å². The lowest BCUT2D eigenvalue weighted by Gasteiger charge is -2.32. The van der Waals surface area contributed by atoms with E-state index in [4.69, 9.17) is 5.11 Å². The molecule has 1 fully saturated rings. The van der Waals surface area contributed by atoms with Crippen molar-refractivity contribution in [3.05, 3.63) is 0 Å². The van der Waals surface area contributed by atoms with Crippen LogP contribution in [-0.4, -0.2) is 34.5 Å². The third-order valence-electron chi connectivity index (χ3n) is 3.89. The normalized spacial score (nSPS) is 27.3. The molecule has 1 rings (SSSR count). The van der Waals surface area contributed by atoms with Crippen molar-refractivity contribution >= 4 is 23.6 Å². The largest absolute Gasteiger partial charge is 0.481 e. The lowest BCUT2D eigenvalue weighted by molar-refractivity contribution is -0.146. The highest BCUT2D eigenvalue weighted by atomic mass is 32.2. The molecule has 1 aliphatic carbocycles. The van der Waals surface area contributed by atoms with Crippen LogP contribution >= 0.6 is 11.8 Å². The summed E-state index contributed by atoms with van der Waals surface area (Å²) in [5, 5.41) is 12.4. The number of carbonyl (C=O) groups is 2. The summed E-state index contributed by atoms with van der Waals surface area (Å²) in [7, 11) is 0. The fourth-order valence-electron chi connectivity index (χ4n) is 2.30. The predicted molar refractivity (Wildman–Crippen MR) is 73.7 cm³/mol. The quantitative estimate of drug-likeness (QED) is 0.805. The topological polar surface area (TPSA) is 66.4 Å². The summed E-state index contributed by atoms with van der Waals surface area (Å²) in [5.74, 6) is -2.16. The summed E-state index contributed by atoms with van der Waals surface area (Å²) >= 11 is 1.79. The molecule has 1 amide bonds. The third-order valence-corrected chi connectivity index (χ3v) is 5.06. The Morgan fingerprint density at radius 3 is 2.39 bits per heavy atom. The minimum Gasteiger partial charge on any atom is -0.481 e. The molecule has 0 saturated heterocycles. The lowest BCUT2D eigenvalue weighted by atomic mass is 9.92. The van der Waals surface area contributed by atoms with Gasteiger partial charge in [0.1, 0.15) is 0 Å². The number of hydrogen-bond acceptors (Lipinski definition) is 3. The zero-order valence-corrected chi connectivity index (χ0v) is 12.1. The highest BCUT2D eigenvalue weighted by Crippen LogP contribution is 2.27. The first-order chi connectivity index (χ1) is 8.47. The number of hydrogen-bond donors (Lipinski definition) is 2. The van der Waals surface area contributed by atoms with Gasteiger partial charge in [-0.05, 0) is 19.1 Å². The molecule has 0 aliphatic heterocycles. The van der Waals surface area contributed by atoms with Crippen molar-refractivity contribution in [1.29, 1.82) is 0 Å². The summed E-state index contributed by atoms with van der Waals surface area (Å²) < 4.78 is 0. The minimum absolute atomic E-state index is 0.129. The predicted octanol–water partition coefficient (Wildman–Crippen LogP) is 2.13. The highest BCUT2D eigenvalue weighted by Gasteiger charge is 2.30. The van der Waals surface area contributed by atoms with E-state index < -0.39 is 17.8 Å². The number of aliphatic carboxylic acids is 1. The lowest BCUT2D eigenvalue weighted by Crippen LogP contribution is -2.47. The number of carboxylic acid groups (broad SMARTS) is 1. The van der Waals surface area contributed by atoms with E-state index in [0.29, 0.717) is 5.25 Å². The van der Waals surface area contributed by atoms with E-state index in [1.807, 2.05) is 0 Å². The number of amides is 1. The molecule has 0 aromatic carbocycles. The Morgan fingerprint density at radius 1 is 1.22 bits per heavy atom. The monoisotopic (exact) mass is 273 g/mol. The highest BCUT2D eigenvalue weighted by molar-refractivity contribution is 7.99. The second kappa shape index (κ2) is 7.02. The van der Waals surface area contributed by atoms with Crippen molar-refractivity contribution < 1.29 is 14.7 Å². The number of carbonyl (C=O) groups excluding carboxylic acids is 1. The fourth-order valence-corrected chi connectivity index (χ4v) is 3.23. The smallest absolute Gasteiger partial charge is 0.307 e. The van der Waals surface area contributed by atoms with Crippen LogP contribution in [0.3, 0.4) is 0 Å². The summed E-state index contributed by atoms with van der Waals surface area (Å²) in [6, 6.07) is 0.199. The Kier molecular flexibility index (Phi) is 5.99. The van der Waals surface area contributed by atoms with E-state index in [0.717, 1.165) is 19.3 Å². The van der Waals surface area contributed by atoms with E-state index in [2.05, 4.69) is 11.6 Å². The molecule has 0 spiro atoms. The van der Waals surface area contributed by atoms with E-state index in [9.17, 15) is 9.59 Å². The van der Waals surface area contributed by atoms with E-state index in [-0.39, 0.29) is 11.9 Å². The van der Waals surface area contributed by atoms with Gasteiger partial charge in [-0.15, -0.1) is 0 Å². The molecular weight excluding hydrogens is 250 g/mol. The van der Waals surface area contributed by atoms with Crippen LogP contribution in [0.4, 0.5) is 0 Å². The average Bonchev–Trinajstić information content (AvgIpc) is 2.37. The van der Waals surface area contributed by atoms with Crippen molar-refractivity contribution in [3.63, 3.8) is 0 Å². The van der Waals surface area contributed by atoms with Crippen molar-refractivity contribution in [3.8, 4) is 0 Å². The van der Waals surface area contributed by atoms with Gasteiger partial charge in [0.25, 0.3) is 0 Å². The standard InChI is InChI=1S/C13H23NO3S/c1-8(9(2)13(16)17)12(15)14-10-6-4-5-7-11(10)18-3/h8-11H,4-7H2,1-3H3,(H,14,15)(H,16,17). The second-order valence-electron chi connectivity index (χ2n) is 5.09. The molecule has 0 aromatic rings. The molecule has 0 aromatic heterocycles. The van der Waals surface area contributed by atoms with Crippen molar-refractivity contribution in [1.82, 2.24) is 5.32 Å². The van der Waals surface area contributed by atoms with Gasteiger partial charge < -0.3 is 10.4 Å². The van der Waals surface area contributed by atoms with Crippen LogP contribution in [-0.2, 0) is 9.59 Å². The molecule has 4 atom stereocenters. The zero-order valence-electron chi connectivity index (χ0n) is 11.3. The fraction of sp³-hybridized carbons (Fsp3) is 0.846. The molecule has 4 nitrogen and oxygen atoms in total. The minimum atomic E-state index is -0.914. The maximum atomic E-state index is 12.0. The van der Waals surface area contributed by atoms with Gasteiger partial charge in [0.05, 0.1) is 5.92 Å². The first-order valence-corrected chi connectivity index (χ1v) is 7.82. The third kappa shape index (κ3) is 3.90. The van der Waals surface area contributed by atoms with Gasteiger partial charge >= 0.3 is 5.97 Å². The van der Waals surface area contributed by atoms with Crippen LogP contribution in [0, 0.1) is 11.8 Å². The summed E-state index contributed by atoms with van der Waals surface area (Å²) in [5.41, 5.74) is 0. The van der Waals surface area contributed by atoms with Gasteiger partial charge in [-0.3, -0.25) is 9.59 Å². The van der Waals surface area contributed by atoms with E-state index in [1.54, 1.807) is 25.6 Å². The second-order valence-corrected chi connectivity index (χ2v) is 6.17. The summed E-state index contributed by atoms with van der Waals surface area (Å²) in [6.45, 7) is 3.27. The van der Waals surface area contributed by atoms with Crippen LogP contribution in [0.5, 0.6) is 0 Å².